The van der Waals surface area contributed by atoms with Crippen LogP contribution in [-0.2, 0) is 10.0 Å². The van der Waals surface area contributed by atoms with Crippen molar-refractivity contribution < 1.29 is 18.3 Å². The normalized spacial score (nSPS) is 28.6. The summed E-state index contributed by atoms with van der Waals surface area (Å²) in [4.78, 5) is 3.04. The number of ether oxygens (including phenoxy) is 1. The molecule has 4 unspecified atom stereocenters. The van der Waals surface area contributed by atoms with Crippen LogP contribution in [0, 0.1) is 0 Å². The maximum absolute atomic E-state index is 13.5. The smallest absolute Gasteiger partial charge is 0.243 e. The second kappa shape index (κ2) is 11.3. The van der Waals surface area contributed by atoms with Gasteiger partial charge in [0.15, 0.2) is 0 Å². The molecule has 4 rings (SSSR count). The van der Waals surface area contributed by atoms with Gasteiger partial charge in [-0.15, -0.1) is 0 Å². The molecular weight excluding hydrogens is 488 g/mol. The van der Waals surface area contributed by atoms with Crippen LogP contribution in [0.5, 0.6) is 5.75 Å². The summed E-state index contributed by atoms with van der Waals surface area (Å²) in [7, 11) is -1.67. The van der Waals surface area contributed by atoms with Crippen molar-refractivity contribution in [3.05, 3.63) is 23.8 Å². The van der Waals surface area contributed by atoms with Crippen LogP contribution in [0.3, 0.4) is 0 Å². The Bertz CT molecular complexity index is 1000. The molecule has 12 heteroatoms. The van der Waals surface area contributed by atoms with Crippen molar-refractivity contribution in [2.24, 2.45) is 0 Å². The summed E-state index contributed by atoms with van der Waals surface area (Å²) in [6.45, 7) is 7.18. The Labute approximate surface area is 214 Å². The molecule has 3 heterocycles. The van der Waals surface area contributed by atoms with Crippen LogP contribution >= 0.6 is 12.2 Å². The first kappa shape index (κ1) is 26.7. The zero-order valence-corrected chi connectivity index (χ0v) is 22.4. The van der Waals surface area contributed by atoms with E-state index in [0.717, 1.165) is 23.4 Å². The zero-order valence-electron chi connectivity index (χ0n) is 20.7. The van der Waals surface area contributed by atoms with E-state index < -0.39 is 10.0 Å². The van der Waals surface area contributed by atoms with Crippen LogP contribution in [0.4, 0.5) is 0 Å². The number of hydrazine groups is 1. The Morgan fingerprint density at radius 3 is 2.60 bits per heavy atom. The number of aliphatic hydroxyl groups excluding tert-OH is 1. The summed E-state index contributed by atoms with van der Waals surface area (Å²) < 4.78 is 34.5. The van der Waals surface area contributed by atoms with Crippen molar-refractivity contribution in [2.45, 2.75) is 55.9 Å². The van der Waals surface area contributed by atoms with Crippen molar-refractivity contribution in [3.8, 4) is 5.75 Å². The number of fused-ring (bicyclic) bond motifs is 1. The summed E-state index contributed by atoms with van der Waals surface area (Å²) in [5.74, 6) is 0.636. The summed E-state index contributed by atoms with van der Waals surface area (Å²) >= 11 is 5.76. The van der Waals surface area contributed by atoms with Gasteiger partial charge in [0.1, 0.15) is 11.9 Å². The fraction of sp³-hybridized carbons (Fsp3) is 0.696. The van der Waals surface area contributed by atoms with E-state index in [0.29, 0.717) is 45.1 Å². The highest BCUT2D eigenvalue weighted by Crippen LogP contribution is 2.33. The van der Waals surface area contributed by atoms with Gasteiger partial charge in [-0.05, 0) is 31.5 Å². The SMILES string of the molecule is CCCC1NN(C)C2C(=S)NC(c3cc(S(=O)(=O)N4CCN(CCO)CC4)ccc3OCC)NC12. The zero-order chi connectivity index (χ0) is 25.2. The third kappa shape index (κ3) is 5.49. The minimum Gasteiger partial charge on any atom is -0.493 e. The second-order valence-corrected chi connectivity index (χ2v) is 11.7. The van der Waals surface area contributed by atoms with E-state index in [9.17, 15) is 8.42 Å². The molecule has 0 amide bonds. The van der Waals surface area contributed by atoms with Crippen LogP contribution < -0.4 is 20.8 Å². The van der Waals surface area contributed by atoms with Crippen LogP contribution in [0.1, 0.15) is 38.4 Å². The lowest BCUT2D eigenvalue weighted by Crippen LogP contribution is -2.62. The van der Waals surface area contributed by atoms with Crippen molar-refractivity contribution in [1.82, 2.24) is 30.3 Å². The number of thiocarbonyl (C=S) groups is 1. The molecule has 1 aromatic carbocycles. The summed E-state index contributed by atoms with van der Waals surface area (Å²) in [6.07, 6.45) is 1.68. The number of hydrogen-bond acceptors (Lipinski definition) is 9. The van der Waals surface area contributed by atoms with Gasteiger partial charge in [-0.1, -0.05) is 25.6 Å². The summed E-state index contributed by atoms with van der Waals surface area (Å²) in [5, 5.41) is 18.3. The van der Waals surface area contributed by atoms with Crippen molar-refractivity contribution in [1.29, 1.82) is 0 Å². The van der Waals surface area contributed by atoms with Gasteiger partial charge in [0.05, 0.1) is 29.1 Å². The Morgan fingerprint density at radius 2 is 1.94 bits per heavy atom. The maximum atomic E-state index is 13.5. The van der Waals surface area contributed by atoms with E-state index in [-0.39, 0.29) is 35.8 Å². The average Bonchev–Trinajstić information content (AvgIpc) is 3.15. The lowest BCUT2D eigenvalue weighted by Gasteiger charge is -2.39. The van der Waals surface area contributed by atoms with Gasteiger partial charge in [-0.3, -0.25) is 15.6 Å². The molecule has 1 aromatic rings. The summed E-state index contributed by atoms with van der Waals surface area (Å²) in [6, 6.07) is 5.43. The number of rotatable bonds is 9. The Hall–Kier alpha value is -1.38. The molecule has 0 radical (unpaired) electrons. The van der Waals surface area contributed by atoms with Crippen LogP contribution in [0.25, 0.3) is 0 Å². The van der Waals surface area contributed by atoms with Gasteiger partial charge in [-0.2, -0.15) is 4.31 Å². The first-order valence-corrected chi connectivity index (χ1v) is 14.3. The fourth-order valence-corrected chi connectivity index (χ4v) is 7.18. The number of benzene rings is 1. The van der Waals surface area contributed by atoms with Gasteiger partial charge in [0, 0.05) is 57.4 Å². The van der Waals surface area contributed by atoms with Gasteiger partial charge < -0.3 is 15.2 Å². The lowest BCUT2D eigenvalue weighted by molar-refractivity contribution is 0.151. The second-order valence-electron chi connectivity index (χ2n) is 9.32. The third-order valence-corrected chi connectivity index (χ3v) is 9.31. The first-order chi connectivity index (χ1) is 16.8. The van der Waals surface area contributed by atoms with Gasteiger partial charge in [0.25, 0.3) is 0 Å². The average molecular weight is 527 g/mol. The van der Waals surface area contributed by atoms with Crippen LogP contribution in [0.2, 0.25) is 0 Å². The highest BCUT2D eigenvalue weighted by Gasteiger charge is 2.46. The molecular formula is C23H38N6O4S2. The monoisotopic (exact) mass is 526 g/mol. The predicted octanol–water partition coefficient (Wildman–Crippen LogP) is 0.259. The van der Waals surface area contributed by atoms with E-state index in [2.05, 4.69) is 32.9 Å². The fourth-order valence-electron chi connectivity index (χ4n) is 5.30. The van der Waals surface area contributed by atoms with Crippen LogP contribution in [0.15, 0.2) is 23.1 Å². The predicted molar refractivity (Wildman–Crippen MR) is 139 cm³/mol. The molecule has 196 valence electrons. The third-order valence-electron chi connectivity index (χ3n) is 7.05. The number of nitrogens with one attached hydrogen (secondary N) is 3. The molecule has 10 nitrogen and oxygen atoms in total. The minimum absolute atomic E-state index is 0.0236. The lowest BCUT2D eigenvalue weighted by atomic mass is 9.95. The van der Waals surface area contributed by atoms with E-state index in [1.165, 1.54) is 4.31 Å². The molecule has 4 atom stereocenters. The van der Waals surface area contributed by atoms with E-state index in [1.807, 2.05) is 14.0 Å². The number of likely N-dealkylation sites (N-methyl/N-ethyl adjacent to an activating group) is 1. The molecule has 3 saturated heterocycles. The van der Waals surface area contributed by atoms with E-state index in [1.54, 1.807) is 18.2 Å². The highest BCUT2D eigenvalue weighted by atomic mass is 32.2. The topological polar surface area (TPSA) is 109 Å². The Balaban J connectivity index is 1.61. The molecule has 0 saturated carbocycles. The number of hydrogen-bond donors (Lipinski definition) is 4. The summed E-state index contributed by atoms with van der Waals surface area (Å²) in [5.41, 5.74) is 4.25. The van der Waals surface area contributed by atoms with Gasteiger partial charge >= 0.3 is 0 Å². The van der Waals surface area contributed by atoms with Crippen molar-refractivity contribution in [3.63, 3.8) is 0 Å². The maximum Gasteiger partial charge on any atom is 0.243 e. The largest absolute Gasteiger partial charge is 0.493 e. The number of piperazine rings is 1. The molecule has 4 N–H and O–H groups in total. The molecule has 35 heavy (non-hydrogen) atoms. The minimum atomic E-state index is -3.67. The number of aliphatic hydroxyl groups is 1. The standard InChI is InChI=1S/C23H38N6O4S2/c1-4-6-18-20-21(27(3)26-18)23(34)25-22(24-20)17-15-16(7-8-19(17)33-5-2)35(31,32)29-11-9-28(10-12-29)13-14-30/h7-8,15,18,20-22,24,26,30H,4-6,9-14H2,1-3H3,(H,25,34). The molecule has 0 bridgehead atoms. The van der Waals surface area contributed by atoms with Gasteiger partial charge in [-0.25, -0.2) is 13.4 Å². The Kier molecular flexibility index (Phi) is 8.65. The van der Waals surface area contributed by atoms with E-state index in [4.69, 9.17) is 22.1 Å². The van der Waals surface area contributed by atoms with Crippen molar-refractivity contribution >= 4 is 27.2 Å². The van der Waals surface area contributed by atoms with Crippen molar-refractivity contribution in [2.75, 3.05) is 53.0 Å². The van der Waals surface area contributed by atoms with Gasteiger partial charge in [0.2, 0.25) is 10.0 Å². The first-order valence-electron chi connectivity index (χ1n) is 12.5. The molecule has 3 aliphatic heterocycles. The highest BCUT2D eigenvalue weighted by molar-refractivity contribution is 7.89. The van der Waals surface area contributed by atoms with E-state index >= 15 is 0 Å². The van der Waals surface area contributed by atoms with Crippen LogP contribution in [-0.4, -0.2) is 104 Å². The number of sulfonamides is 1. The Morgan fingerprint density at radius 1 is 1.20 bits per heavy atom. The molecule has 0 aliphatic carbocycles. The number of β-amino-alcohol motifs (C(OH)–C–C–N with tert-alkyl or cyclic N) is 1. The molecule has 3 fully saturated rings. The molecule has 0 aromatic heterocycles. The molecule has 3 aliphatic rings. The molecule has 0 spiro atoms. The number of nitrogens with zero attached hydrogens (tertiary/aromatic N) is 3. The quantitative estimate of drug-likeness (QED) is 0.335.